The van der Waals surface area contributed by atoms with E-state index in [1.165, 1.54) is 41.9 Å². The molecule has 0 bridgehead atoms. The first-order chi connectivity index (χ1) is 14.9. The smallest absolute Gasteiger partial charge is 0.676 e. The molecule has 15 heteroatoms. The molecule has 0 radical (unpaired) electrons. The van der Waals surface area contributed by atoms with Gasteiger partial charge in [-0.25, -0.2) is 0 Å². The first-order valence-electron chi connectivity index (χ1n) is 9.64. The number of nitrogens with one attached hydrogen (secondary N) is 3. The molecule has 0 aliphatic rings. The quantitative estimate of drug-likeness (QED) is 0.140. The summed E-state index contributed by atoms with van der Waals surface area (Å²) in [5.41, 5.74) is 31.1. The van der Waals surface area contributed by atoms with Crippen molar-refractivity contribution in [2.24, 2.45) is 28.7 Å². The van der Waals surface area contributed by atoms with Crippen LogP contribution in [0.25, 0.3) is 5.73 Å². The van der Waals surface area contributed by atoms with Crippen LogP contribution in [0.15, 0.2) is 0 Å². The van der Waals surface area contributed by atoms with Crippen LogP contribution in [-0.2, 0) is 28.7 Å². The van der Waals surface area contributed by atoms with Crippen molar-refractivity contribution in [2.75, 3.05) is 66.6 Å². The monoisotopic (exact) mass is 478 g/mol. The Morgan fingerprint density at radius 2 is 0.848 bits per heavy atom. The summed E-state index contributed by atoms with van der Waals surface area (Å²) in [5, 5.41) is 5.06. The Morgan fingerprint density at radius 3 is 0.879 bits per heavy atom. The van der Waals surface area contributed by atoms with Gasteiger partial charge in [0.05, 0.1) is 14.2 Å². The van der Waals surface area contributed by atoms with Crippen LogP contribution in [0.5, 0.6) is 0 Å². The molecule has 0 unspecified atom stereocenters. The van der Waals surface area contributed by atoms with E-state index < -0.39 is 0 Å². The number of hydrogen-bond donors (Lipinski definition) is 7. The Morgan fingerprint density at radius 1 is 0.636 bits per heavy atom. The largest absolute Gasteiger partial charge is 1.00 e. The van der Waals surface area contributed by atoms with Gasteiger partial charge in [0.15, 0.2) is 0 Å². The number of hydrogen-bond acceptors (Lipinski definition) is 11. The van der Waals surface area contributed by atoms with Crippen molar-refractivity contribution in [3.63, 3.8) is 0 Å². The predicted octanol–water partition coefficient (Wildman–Crippen LogP) is -5.57. The molecule has 0 fully saturated rings. The van der Waals surface area contributed by atoms with E-state index in [-0.39, 0.29) is 42.6 Å². The average molecular weight is 479 g/mol. The second kappa shape index (κ2) is 52.3. The number of carbonyl (C=O) groups is 4. The van der Waals surface area contributed by atoms with E-state index in [9.17, 15) is 19.2 Å². The van der Waals surface area contributed by atoms with Gasteiger partial charge in [0.2, 0.25) is 11.8 Å². The Kier molecular flexibility index (Phi) is 77.0. The third kappa shape index (κ3) is 161. The van der Waals surface area contributed by atoms with E-state index in [4.69, 9.17) is 34.4 Å². The molecule has 13 N–H and O–H groups in total. The Hall–Kier alpha value is -1.76. The van der Waals surface area contributed by atoms with Crippen LogP contribution >= 0.6 is 0 Å². The summed E-state index contributed by atoms with van der Waals surface area (Å²) in [7, 11) is 2.70. The number of rotatable bonds is 6. The minimum Gasteiger partial charge on any atom is -0.676 e. The van der Waals surface area contributed by atoms with Gasteiger partial charge in [-0.2, -0.15) is 0 Å². The van der Waals surface area contributed by atoms with E-state index in [0.717, 1.165) is 0 Å². The summed E-state index contributed by atoms with van der Waals surface area (Å²) in [5.74, 6) is -0.536. The first-order valence-corrected chi connectivity index (χ1v) is 9.64. The zero-order chi connectivity index (χ0) is 26.8. The van der Waals surface area contributed by atoms with Gasteiger partial charge < -0.3 is 54.5 Å². The van der Waals surface area contributed by atoms with Crippen LogP contribution in [0.2, 0.25) is 0 Å². The molecule has 0 aromatic rings. The van der Waals surface area contributed by atoms with E-state index >= 15 is 0 Å². The van der Waals surface area contributed by atoms with Crippen molar-refractivity contribution in [3.05, 3.63) is 5.73 Å². The van der Waals surface area contributed by atoms with Crippen LogP contribution in [0.3, 0.4) is 0 Å². The van der Waals surface area contributed by atoms with Gasteiger partial charge in [-0.15, -0.1) is 6.54 Å². The minimum atomic E-state index is -0.245. The molecule has 2 amide bonds. The maximum Gasteiger partial charge on any atom is 1.00 e. The first kappa shape index (κ1) is 48.6. The molecule has 0 heterocycles. The zero-order valence-corrected chi connectivity index (χ0v) is 21.5. The van der Waals surface area contributed by atoms with Crippen LogP contribution < -0.4 is 58.2 Å². The van der Waals surface area contributed by atoms with Crippen molar-refractivity contribution in [1.82, 2.24) is 10.6 Å². The molecule has 0 atom stereocenters. The Balaban J connectivity index is -0.0000000496. The molecular weight excluding hydrogens is 431 g/mol. The van der Waals surface area contributed by atoms with Gasteiger partial charge in [-0.1, -0.05) is 0 Å². The van der Waals surface area contributed by atoms with Crippen molar-refractivity contribution in [3.8, 4) is 0 Å². The van der Waals surface area contributed by atoms with Crippen molar-refractivity contribution < 1.29 is 47.5 Å². The topological polar surface area (TPSA) is 265 Å². The van der Waals surface area contributed by atoms with Crippen LogP contribution in [0.1, 0.15) is 27.7 Å². The molecule has 196 valence electrons. The maximum absolute atomic E-state index is 10.0. The number of nitrogens with two attached hydrogens (primary N) is 5. The van der Waals surface area contributed by atoms with E-state index in [1.807, 2.05) is 0 Å². The summed E-state index contributed by atoms with van der Waals surface area (Å²) in [6.07, 6.45) is 0. The normalized spacial score (nSPS) is 7.39. The third-order valence-corrected chi connectivity index (χ3v) is 1.92. The second-order valence-corrected chi connectivity index (χ2v) is 5.05. The number of amides is 2. The summed E-state index contributed by atoms with van der Waals surface area (Å²) >= 11 is 0. The summed E-state index contributed by atoms with van der Waals surface area (Å²) in [6.45, 7) is 9.87. The summed E-state index contributed by atoms with van der Waals surface area (Å²) < 4.78 is 8.22. The maximum atomic E-state index is 10.0. The molecule has 0 aromatic heterocycles. The molecule has 0 spiro atoms. The molecular formula is C18H47LiN8O6. The molecule has 0 aromatic carbocycles. The summed E-state index contributed by atoms with van der Waals surface area (Å²) in [6, 6.07) is 0. The molecule has 0 aliphatic carbocycles. The zero-order valence-electron chi connectivity index (χ0n) is 21.5. The standard InChI is InChI=1S/2C4H10N2O.2C3H6O2.C2H8N2.C2H7N2.Li/c2*1-4(7)6-3-2-5;2*1-3(4)5-2;2*3-1-2-4;/h2*2-3,5H2,1H3,(H,6,7);2*1-2H3;1-4H2;3H,1-2,4H2;/q;;;;;-1;+1. The van der Waals surface area contributed by atoms with Crippen molar-refractivity contribution in [2.45, 2.75) is 27.7 Å². The summed E-state index contributed by atoms with van der Waals surface area (Å²) in [4.78, 5) is 39.3. The molecule has 0 aliphatic heterocycles. The van der Waals surface area contributed by atoms with Gasteiger partial charge in [-0.05, 0) is 6.54 Å². The fraction of sp³-hybridized carbons (Fsp3) is 0.778. The Bertz CT molecular complexity index is 368. The fourth-order valence-corrected chi connectivity index (χ4v) is 0.496. The number of methoxy groups -OCH3 is 2. The van der Waals surface area contributed by atoms with Crippen LogP contribution in [0, 0.1) is 0 Å². The van der Waals surface area contributed by atoms with E-state index in [2.05, 4.69) is 20.1 Å². The molecule has 0 rings (SSSR count). The van der Waals surface area contributed by atoms with Gasteiger partial charge >= 0.3 is 30.8 Å². The third-order valence-electron chi connectivity index (χ3n) is 1.92. The van der Waals surface area contributed by atoms with Gasteiger partial charge in [0.1, 0.15) is 0 Å². The van der Waals surface area contributed by atoms with Crippen molar-refractivity contribution in [1.29, 1.82) is 0 Å². The molecule has 0 saturated carbocycles. The minimum absolute atomic E-state index is 0. The van der Waals surface area contributed by atoms with Crippen molar-refractivity contribution >= 4 is 23.8 Å². The van der Waals surface area contributed by atoms with Crippen LogP contribution in [-0.4, -0.2) is 90.3 Å². The van der Waals surface area contributed by atoms with Crippen LogP contribution in [0.4, 0.5) is 0 Å². The van der Waals surface area contributed by atoms with E-state index in [1.54, 1.807) is 0 Å². The second-order valence-electron chi connectivity index (χ2n) is 5.05. The van der Waals surface area contributed by atoms with Gasteiger partial charge in [-0.3, -0.25) is 19.2 Å². The predicted molar refractivity (Wildman–Crippen MR) is 127 cm³/mol. The SMILES string of the molecule is CC(=O)NCCN.CC(=O)NCCN.COC(C)=O.COC(C)=O.NCCN.[Li+].[NH-]CCN. The molecule has 14 nitrogen and oxygen atoms in total. The Labute approximate surface area is 210 Å². The number of carbonyl (C=O) groups excluding carboxylic acids is 4. The number of esters is 2. The number of ether oxygens (including phenoxy) is 2. The van der Waals surface area contributed by atoms with Gasteiger partial charge in [0.25, 0.3) is 0 Å². The average Bonchev–Trinajstić information content (AvgIpc) is 2.77. The van der Waals surface area contributed by atoms with Gasteiger partial charge in [0, 0.05) is 67.0 Å². The molecule has 0 saturated heterocycles. The van der Waals surface area contributed by atoms with E-state index in [0.29, 0.717) is 52.4 Å². The molecule has 33 heavy (non-hydrogen) atoms. The fourth-order valence-electron chi connectivity index (χ4n) is 0.496.